The van der Waals surface area contributed by atoms with Gasteiger partial charge < -0.3 is 14.9 Å². The molecular formula is C10H10F2N2O5. The molecule has 0 aliphatic carbocycles. The van der Waals surface area contributed by atoms with Gasteiger partial charge in [-0.25, -0.2) is 18.6 Å². The fraction of sp³-hybridized carbons (Fsp3) is 0.400. The zero-order valence-electron chi connectivity index (χ0n) is 9.81. The second kappa shape index (κ2) is 6.03. The summed E-state index contributed by atoms with van der Waals surface area (Å²) in [6.45, 7) is 1.56. The fourth-order valence-electron chi connectivity index (χ4n) is 1.43. The Kier molecular flexibility index (Phi) is 4.67. The van der Waals surface area contributed by atoms with Crippen LogP contribution in [0.25, 0.3) is 0 Å². The highest BCUT2D eigenvalue weighted by atomic mass is 19.3. The van der Waals surface area contributed by atoms with Gasteiger partial charge in [0.1, 0.15) is 0 Å². The van der Waals surface area contributed by atoms with Crippen LogP contribution in [0.4, 0.5) is 14.6 Å². The Hall–Kier alpha value is -2.32. The van der Waals surface area contributed by atoms with Crippen LogP contribution in [0.15, 0.2) is 10.9 Å². The maximum Gasteiger partial charge on any atom is 0.336 e. The number of rotatable bonds is 5. The molecule has 0 amide bonds. The van der Waals surface area contributed by atoms with E-state index >= 15 is 0 Å². The lowest BCUT2D eigenvalue weighted by Crippen LogP contribution is -2.21. The molecule has 0 unspecified atom stereocenters. The summed E-state index contributed by atoms with van der Waals surface area (Å²) < 4.78 is 30.1. The lowest BCUT2D eigenvalue weighted by molar-refractivity contribution is -0.389. The van der Waals surface area contributed by atoms with Crippen molar-refractivity contribution in [1.29, 1.82) is 0 Å². The summed E-state index contributed by atoms with van der Waals surface area (Å²) in [5.74, 6) is -1.71. The molecule has 0 saturated heterocycles. The van der Waals surface area contributed by atoms with Gasteiger partial charge in [0.2, 0.25) is 0 Å². The number of hydrogen-bond acceptors (Lipinski definition) is 5. The number of nitrogens with one attached hydrogen (secondary N) is 1. The Morgan fingerprint density at radius 3 is 2.68 bits per heavy atom. The van der Waals surface area contributed by atoms with Gasteiger partial charge in [-0.2, -0.15) is 0 Å². The van der Waals surface area contributed by atoms with Crippen LogP contribution in [-0.4, -0.2) is 22.5 Å². The lowest BCUT2D eigenvalue weighted by atomic mass is 10.1. The third kappa shape index (κ3) is 3.57. The molecule has 1 heterocycles. The number of hydrogen-bond donors (Lipinski definition) is 1. The predicted octanol–water partition coefficient (Wildman–Crippen LogP) is 1.33. The van der Waals surface area contributed by atoms with Crippen molar-refractivity contribution in [1.82, 2.24) is 4.98 Å². The van der Waals surface area contributed by atoms with Gasteiger partial charge in [-0.1, -0.05) is 0 Å². The van der Waals surface area contributed by atoms with Crippen LogP contribution in [0.2, 0.25) is 0 Å². The van der Waals surface area contributed by atoms with Crippen LogP contribution >= 0.6 is 0 Å². The van der Waals surface area contributed by atoms with Gasteiger partial charge in [-0.15, -0.1) is 0 Å². The molecule has 9 heteroatoms. The van der Waals surface area contributed by atoms with Gasteiger partial charge in [0.05, 0.1) is 18.6 Å². The number of pyridine rings is 1. The predicted molar refractivity (Wildman–Crippen MR) is 59.0 cm³/mol. The number of alkyl halides is 2. The molecule has 104 valence electrons. The minimum atomic E-state index is -3.11. The van der Waals surface area contributed by atoms with Crippen LogP contribution in [0, 0.1) is 10.1 Å². The standard InChI is InChI=1S/C10H10F2N2O5/c1-2-19-8(15)4-6-5(9(11)12)3-7(14(17)18)13-10(6)16/h3,9H,2,4H2,1H3,(H,13,16). The van der Waals surface area contributed by atoms with E-state index in [1.54, 1.807) is 0 Å². The molecule has 0 aromatic carbocycles. The number of nitrogens with zero attached hydrogens (tertiary/aromatic N) is 1. The quantitative estimate of drug-likeness (QED) is 0.496. The molecule has 0 aliphatic rings. The van der Waals surface area contributed by atoms with Crippen molar-refractivity contribution < 1.29 is 23.2 Å². The number of esters is 1. The van der Waals surface area contributed by atoms with Crippen molar-refractivity contribution in [2.45, 2.75) is 19.8 Å². The van der Waals surface area contributed by atoms with Crippen LogP contribution < -0.4 is 5.56 Å². The third-order valence-corrected chi connectivity index (χ3v) is 2.21. The number of H-pyrrole nitrogens is 1. The first-order valence-corrected chi connectivity index (χ1v) is 5.21. The lowest BCUT2D eigenvalue weighted by Gasteiger charge is -2.06. The van der Waals surface area contributed by atoms with E-state index in [-0.39, 0.29) is 6.61 Å². The van der Waals surface area contributed by atoms with E-state index in [0.717, 1.165) is 0 Å². The molecule has 0 aliphatic heterocycles. The van der Waals surface area contributed by atoms with Gasteiger partial charge in [-0.3, -0.25) is 4.79 Å². The van der Waals surface area contributed by atoms with Crippen molar-refractivity contribution in [2.24, 2.45) is 0 Å². The number of carbonyl (C=O) groups excluding carboxylic acids is 1. The van der Waals surface area contributed by atoms with E-state index in [9.17, 15) is 28.5 Å². The highest BCUT2D eigenvalue weighted by Gasteiger charge is 2.24. The minimum Gasteiger partial charge on any atom is -0.466 e. The summed E-state index contributed by atoms with van der Waals surface area (Å²) in [5.41, 5.74) is -2.47. The molecule has 19 heavy (non-hydrogen) atoms. The number of carbonyl (C=O) groups is 1. The highest BCUT2D eigenvalue weighted by molar-refractivity contribution is 5.73. The molecule has 0 bridgehead atoms. The Morgan fingerprint density at radius 1 is 1.58 bits per heavy atom. The van der Waals surface area contributed by atoms with Crippen LogP contribution in [-0.2, 0) is 16.0 Å². The summed E-state index contributed by atoms with van der Waals surface area (Å²) >= 11 is 0. The molecule has 1 rings (SSSR count). The molecule has 1 N–H and O–H groups in total. The highest BCUT2D eigenvalue weighted by Crippen LogP contribution is 2.24. The van der Waals surface area contributed by atoms with Crippen molar-refractivity contribution in [3.8, 4) is 0 Å². The summed E-state index contributed by atoms with van der Waals surface area (Å²) in [6.07, 6.45) is -3.77. The van der Waals surface area contributed by atoms with Crippen molar-refractivity contribution >= 4 is 11.8 Å². The van der Waals surface area contributed by atoms with Crippen LogP contribution in [0.3, 0.4) is 0 Å². The second-order valence-corrected chi connectivity index (χ2v) is 3.46. The zero-order chi connectivity index (χ0) is 14.6. The zero-order valence-corrected chi connectivity index (χ0v) is 9.81. The van der Waals surface area contributed by atoms with E-state index in [4.69, 9.17) is 0 Å². The smallest absolute Gasteiger partial charge is 0.336 e. The Labute approximate surface area is 105 Å². The third-order valence-electron chi connectivity index (χ3n) is 2.21. The largest absolute Gasteiger partial charge is 0.466 e. The van der Waals surface area contributed by atoms with Crippen molar-refractivity contribution in [3.05, 3.63) is 37.7 Å². The van der Waals surface area contributed by atoms with Crippen molar-refractivity contribution in [2.75, 3.05) is 6.61 Å². The van der Waals surface area contributed by atoms with Crippen molar-refractivity contribution in [3.63, 3.8) is 0 Å². The number of aromatic amines is 1. The van der Waals surface area contributed by atoms with Gasteiger partial charge in [0.25, 0.3) is 6.43 Å². The van der Waals surface area contributed by atoms with Crippen LogP contribution in [0.1, 0.15) is 24.5 Å². The number of ether oxygens (including phenoxy) is 1. The number of halogens is 2. The molecule has 1 aromatic rings. The molecule has 0 radical (unpaired) electrons. The molecule has 0 atom stereocenters. The van der Waals surface area contributed by atoms with Gasteiger partial charge in [0, 0.05) is 11.6 Å². The fourth-order valence-corrected chi connectivity index (χ4v) is 1.43. The van der Waals surface area contributed by atoms with Crippen LogP contribution in [0.5, 0.6) is 0 Å². The minimum absolute atomic E-state index is 0.0354. The Bertz CT molecular complexity index is 555. The maximum atomic E-state index is 12.8. The molecule has 0 saturated carbocycles. The van der Waals surface area contributed by atoms with Gasteiger partial charge >= 0.3 is 17.3 Å². The Morgan fingerprint density at radius 2 is 2.21 bits per heavy atom. The topological polar surface area (TPSA) is 102 Å². The summed E-state index contributed by atoms with van der Waals surface area (Å²) in [7, 11) is 0. The van der Waals surface area contributed by atoms with E-state index in [1.165, 1.54) is 6.92 Å². The number of nitro groups is 1. The second-order valence-electron chi connectivity index (χ2n) is 3.46. The summed E-state index contributed by atoms with van der Waals surface area (Å²) in [4.78, 5) is 34.0. The maximum absolute atomic E-state index is 12.8. The molecule has 1 aromatic heterocycles. The average molecular weight is 276 g/mol. The Balaban J connectivity index is 3.26. The first-order chi connectivity index (χ1) is 8.86. The first-order valence-electron chi connectivity index (χ1n) is 5.21. The molecule has 0 spiro atoms. The normalized spacial score (nSPS) is 10.5. The van der Waals surface area contributed by atoms with Gasteiger partial charge in [-0.05, 0) is 11.8 Å². The summed E-state index contributed by atoms with van der Waals surface area (Å²) in [6, 6.07) is 0.542. The first kappa shape index (κ1) is 14.7. The van der Waals surface area contributed by atoms with Gasteiger partial charge in [0.15, 0.2) is 0 Å². The molecule has 7 nitrogen and oxygen atoms in total. The summed E-state index contributed by atoms with van der Waals surface area (Å²) in [5, 5.41) is 10.5. The van der Waals surface area contributed by atoms with E-state index in [0.29, 0.717) is 6.07 Å². The number of aromatic nitrogens is 1. The molecule has 0 fully saturated rings. The van der Waals surface area contributed by atoms with E-state index in [1.807, 2.05) is 4.98 Å². The molecular weight excluding hydrogens is 266 g/mol. The SMILES string of the molecule is CCOC(=O)Cc1c(C(F)F)cc([N+](=O)[O-])[nH]c1=O. The van der Waals surface area contributed by atoms with E-state index < -0.39 is 46.2 Å². The average Bonchev–Trinajstić information content (AvgIpc) is 2.31. The van der Waals surface area contributed by atoms with E-state index in [2.05, 4.69) is 4.74 Å². The monoisotopic (exact) mass is 276 g/mol.